The van der Waals surface area contributed by atoms with E-state index in [-0.39, 0.29) is 17.7 Å². The van der Waals surface area contributed by atoms with E-state index in [1.807, 2.05) is 0 Å². The van der Waals surface area contributed by atoms with Gasteiger partial charge in [-0.25, -0.2) is 0 Å². The third-order valence-electron chi connectivity index (χ3n) is 1.82. The highest BCUT2D eigenvalue weighted by Gasteiger charge is 2.29. The summed E-state index contributed by atoms with van der Waals surface area (Å²) < 4.78 is 33.2. The number of ether oxygens (including phenoxy) is 1. The quantitative estimate of drug-likeness (QED) is 0.743. The van der Waals surface area contributed by atoms with Crippen LogP contribution in [-0.4, -0.2) is 30.8 Å². The summed E-state index contributed by atoms with van der Waals surface area (Å²) in [6.07, 6.45) is 3.04. The number of fused-ring (bicyclic) bond motifs is 1. The predicted molar refractivity (Wildman–Crippen MR) is 57.6 cm³/mol. The van der Waals surface area contributed by atoms with Crippen LogP contribution in [0.25, 0.3) is 0 Å². The number of rotatable bonds is 2. The van der Waals surface area contributed by atoms with Crippen LogP contribution in [-0.2, 0) is 21.8 Å². The van der Waals surface area contributed by atoms with Gasteiger partial charge in [0.05, 0.1) is 0 Å². The van der Waals surface area contributed by atoms with Crippen LogP contribution in [0.1, 0.15) is 0 Å². The zero-order valence-corrected chi connectivity index (χ0v) is 9.36. The van der Waals surface area contributed by atoms with Gasteiger partial charge < -0.3 is 10.1 Å². The molecule has 0 radical (unpaired) electrons. The van der Waals surface area contributed by atoms with Crippen molar-refractivity contribution in [3.05, 3.63) is 18.9 Å². The minimum atomic E-state index is -3.77. The molecule has 0 unspecified atom stereocenters. The van der Waals surface area contributed by atoms with Gasteiger partial charge in [-0.3, -0.25) is 4.68 Å². The fourth-order valence-electron chi connectivity index (χ4n) is 1.24. The first-order valence-electron chi connectivity index (χ1n) is 4.42. The largest absolute Gasteiger partial charge is 0.460 e. The molecule has 0 bridgehead atoms. The molecular weight excluding hydrogens is 232 g/mol. The summed E-state index contributed by atoms with van der Waals surface area (Å²) >= 11 is 0. The number of sulfonamides is 1. The van der Waals surface area contributed by atoms with Gasteiger partial charge in [0, 0.05) is 13.2 Å². The first kappa shape index (κ1) is 10.7. The number of hydrogen-bond acceptors (Lipinski definition) is 5. The van der Waals surface area contributed by atoms with Gasteiger partial charge in [0.25, 0.3) is 0 Å². The second kappa shape index (κ2) is 3.63. The van der Waals surface area contributed by atoms with E-state index in [0.717, 1.165) is 0 Å². The van der Waals surface area contributed by atoms with E-state index < -0.39 is 10.0 Å². The zero-order valence-electron chi connectivity index (χ0n) is 8.54. The molecule has 0 saturated carbocycles. The Morgan fingerprint density at radius 1 is 1.69 bits per heavy atom. The Labute approximate surface area is 92.5 Å². The van der Waals surface area contributed by atoms with Gasteiger partial charge in [0.2, 0.25) is 5.03 Å². The molecular formula is C8H10N4O3S. The van der Waals surface area contributed by atoms with Crippen LogP contribution >= 0.6 is 0 Å². The monoisotopic (exact) mass is 242 g/mol. The normalized spacial score (nSPS) is 16.9. The average Bonchev–Trinajstić information content (AvgIpc) is 2.56. The summed E-state index contributed by atoms with van der Waals surface area (Å²) in [5.74, 6) is 0. The van der Waals surface area contributed by atoms with E-state index in [4.69, 9.17) is 4.74 Å². The van der Waals surface area contributed by atoms with Crippen molar-refractivity contribution < 1.29 is 13.2 Å². The molecule has 2 rings (SSSR count). The number of anilines is 1. The highest BCUT2D eigenvalue weighted by Crippen LogP contribution is 2.25. The van der Waals surface area contributed by atoms with Crippen molar-refractivity contribution in [3.63, 3.8) is 0 Å². The van der Waals surface area contributed by atoms with Gasteiger partial charge in [-0.2, -0.15) is 13.5 Å². The second-order valence-corrected chi connectivity index (χ2v) is 4.64. The van der Waals surface area contributed by atoms with Crippen molar-refractivity contribution in [2.24, 2.45) is 11.4 Å². The number of aryl methyl sites for hydroxylation is 1. The Hall–Kier alpha value is -1.83. The van der Waals surface area contributed by atoms with Crippen molar-refractivity contribution >= 4 is 21.7 Å². The molecule has 16 heavy (non-hydrogen) atoms. The molecule has 0 fully saturated rings. The van der Waals surface area contributed by atoms with Crippen LogP contribution in [0.5, 0.6) is 0 Å². The lowest BCUT2D eigenvalue weighted by molar-refractivity contribution is 0.349. The topological polar surface area (TPSA) is 85.6 Å². The number of aromatic nitrogens is 2. The van der Waals surface area contributed by atoms with Crippen molar-refractivity contribution in [1.82, 2.24) is 9.78 Å². The van der Waals surface area contributed by atoms with Crippen LogP contribution in [0.3, 0.4) is 0 Å². The fourth-order valence-corrected chi connectivity index (χ4v) is 2.25. The van der Waals surface area contributed by atoms with Crippen LogP contribution < -0.4 is 5.32 Å². The van der Waals surface area contributed by atoms with Crippen LogP contribution in [0.4, 0.5) is 5.69 Å². The van der Waals surface area contributed by atoms with E-state index in [1.54, 1.807) is 13.2 Å². The molecule has 1 N–H and O–H groups in total. The molecule has 0 aliphatic carbocycles. The van der Waals surface area contributed by atoms with Crippen molar-refractivity contribution in [3.8, 4) is 0 Å². The SMILES string of the molecule is C=CCOC1=NS(=O)(=O)c2nn(C)cc2N1. The molecule has 0 aromatic carbocycles. The summed E-state index contributed by atoms with van der Waals surface area (Å²) in [6, 6.07) is -0.0691. The minimum absolute atomic E-state index is 0.0691. The molecule has 1 aromatic heterocycles. The first-order valence-corrected chi connectivity index (χ1v) is 5.86. The van der Waals surface area contributed by atoms with Gasteiger partial charge in [0.15, 0.2) is 0 Å². The molecule has 2 heterocycles. The molecule has 0 saturated heterocycles. The summed E-state index contributed by atoms with van der Waals surface area (Å²) in [4.78, 5) is 0. The molecule has 1 aromatic rings. The van der Waals surface area contributed by atoms with E-state index >= 15 is 0 Å². The second-order valence-electron chi connectivity index (χ2n) is 3.12. The maximum Gasteiger partial charge on any atom is 0.308 e. The third kappa shape index (κ3) is 1.78. The first-order chi connectivity index (χ1) is 7.53. The maximum atomic E-state index is 11.7. The maximum absolute atomic E-state index is 11.7. The zero-order chi connectivity index (χ0) is 11.8. The summed E-state index contributed by atoms with van der Waals surface area (Å²) in [5.41, 5.74) is 0.358. The lowest BCUT2D eigenvalue weighted by Crippen LogP contribution is -2.23. The van der Waals surface area contributed by atoms with Gasteiger partial charge in [-0.05, 0) is 0 Å². The van der Waals surface area contributed by atoms with Gasteiger partial charge in [0.1, 0.15) is 12.3 Å². The smallest absolute Gasteiger partial charge is 0.308 e. The van der Waals surface area contributed by atoms with Gasteiger partial charge in [-0.1, -0.05) is 12.7 Å². The molecule has 86 valence electrons. The van der Waals surface area contributed by atoms with Crippen molar-refractivity contribution in [1.29, 1.82) is 0 Å². The summed E-state index contributed by atoms with van der Waals surface area (Å²) in [6.45, 7) is 3.63. The van der Waals surface area contributed by atoms with E-state index in [1.165, 1.54) is 10.8 Å². The molecule has 8 heteroatoms. The average molecular weight is 242 g/mol. The highest BCUT2D eigenvalue weighted by molar-refractivity contribution is 7.90. The van der Waals surface area contributed by atoms with Gasteiger partial charge >= 0.3 is 16.0 Å². The number of nitrogens with one attached hydrogen (secondary N) is 1. The number of amidine groups is 1. The van der Waals surface area contributed by atoms with E-state index in [2.05, 4.69) is 21.4 Å². The van der Waals surface area contributed by atoms with Crippen molar-refractivity contribution in [2.45, 2.75) is 5.03 Å². The lowest BCUT2D eigenvalue weighted by atomic mass is 10.6. The Balaban J connectivity index is 2.38. The van der Waals surface area contributed by atoms with Crippen LogP contribution in [0.2, 0.25) is 0 Å². The van der Waals surface area contributed by atoms with E-state index in [9.17, 15) is 8.42 Å². The Kier molecular flexibility index (Phi) is 2.43. The molecule has 7 nitrogen and oxygen atoms in total. The molecule has 0 amide bonds. The third-order valence-corrected chi connectivity index (χ3v) is 3.02. The molecule has 0 atom stereocenters. The summed E-state index contributed by atoms with van der Waals surface area (Å²) in [5, 5.41) is 6.43. The number of nitrogens with zero attached hydrogens (tertiary/aromatic N) is 3. The molecule has 1 aliphatic heterocycles. The van der Waals surface area contributed by atoms with Crippen LogP contribution in [0.15, 0.2) is 28.3 Å². The molecule has 0 spiro atoms. The van der Waals surface area contributed by atoms with E-state index in [0.29, 0.717) is 5.69 Å². The number of hydrogen-bond donors (Lipinski definition) is 1. The van der Waals surface area contributed by atoms with Gasteiger partial charge in [-0.15, -0.1) is 4.40 Å². The lowest BCUT2D eigenvalue weighted by Gasteiger charge is -2.12. The molecule has 1 aliphatic rings. The highest BCUT2D eigenvalue weighted by atomic mass is 32.2. The Morgan fingerprint density at radius 2 is 2.44 bits per heavy atom. The van der Waals surface area contributed by atoms with Crippen molar-refractivity contribution in [2.75, 3.05) is 11.9 Å². The standard InChI is InChI=1S/C8H10N4O3S/c1-3-4-15-8-9-6-5-12(2)10-7(6)16(13,14)11-8/h3,5H,1,4H2,2H3,(H,9,11). The summed E-state index contributed by atoms with van der Waals surface area (Å²) in [7, 11) is -2.14. The fraction of sp³-hybridized carbons (Fsp3) is 0.250. The minimum Gasteiger partial charge on any atom is -0.460 e. The van der Waals surface area contributed by atoms with Crippen LogP contribution in [0, 0.1) is 0 Å². The Bertz CT molecular complexity index is 558. The predicted octanol–water partition coefficient (Wildman–Crippen LogP) is 0.0929. The Morgan fingerprint density at radius 3 is 3.12 bits per heavy atom.